The van der Waals surface area contributed by atoms with Gasteiger partial charge in [-0.2, -0.15) is 0 Å². The van der Waals surface area contributed by atoms with Gasteiger partial charge in [0.1, 0.15) is 5.82 Å². The number of aromatic nitrogens is 1. The van der Waals surface area contributed by atoms with Crippen LogP contribution in [-0.4, -0.2) is 16.1 Å². The lowest BCUT2D eigenvalue weighted by atomic mass is 10.0. The largest absolute Gasteiger partial charge is 0.478 e. The molecule has 0 spiro atoms. The lowest BCUT2D eigenvalue weighted by molar-refractivity contribution is -0.131. The van der Waals surface area contributed by atoms with E-state index in [0.717, 1.165) is 17.2 Å². The molecule has 1 N–H and O–H groups in total. The van der Waals surface area contributed by atoms with Gasteiger partial charge in [0, 0.05) is 24.0 Å². The summed E-state index contributed by atoms with van der Waals surface area (Å²) in [6.45, 7) is 0. The van der Waals surface area contributed by atoms with Crippen LogP contribution in [-0.2, 0) is 4.79 Å². The summed E-state index contributed by atoms with van der Waals surface area (Å²) in [4.78, 5) is 14.2. The number of carboxylic acids is 1. The Kier molecular flexibility index (Phi) is 3.48. The van der Waals surface area contributed by atoms with E-state index in [2.05, 4.69) is 4.98 Å². The third kappa shape index (κ3) is 2.79. The van der Waals surface area contributed by atoms with Gasteiger partial charge in [0.15, 0.2) is 0 Å². The van der Waals surface area contributed by atoms with Crippen molar-refractivity contribution in [3.05, 3.63) is 60.2 Å². The zero-order chi connectivity index (χ0) is 13.0. The molecule has 0 bridgehead atoms. The van der Waals surface area contributed by atoms with E-state index in [1.165, 1.54) is 12.1 Å². The minimum Gasteiger partial charge on any atom is -0.478 e. The van der Waals surface area contributed by atoms with Gasteiger partial charge in [-0.1, -0.05) is 12.1 Å². The topological polar surface area (TPSA) is 50.2 Å². The normalized spacial score (nSPS) is 10.7. The number of carbonyl (C=O) groups is 1. The predicted octanol–water partition coefficient (Wildman–Crippen LogP) is 2.99. The molecule has 1 heterocycles. The third-order valence-electron chi connectivity index (χ3n) is 2.42. The van der Waals surface area contributed by atoms with Crippen LogP contribution in [0.1, 0.15) is 5.56 Å². The fraction of sp³-hybridized carbons (Fsp3) is 0. The first-order valence-corrected chi connectivity index (χ1v) is 5.28. The number of pyridine rings is 1. The van der Waals surface area contributed by atoms with Gasteiger partial charge < -0.3 is 5.11 Å². The predicted molar refractivity (Wildman–Crippen MR) is 66.3 cm³/mol. The Morgan fingerprint density at radius 3 is 2.50 bits per heavy atom. The van der Waals surface area contributed by atoms with E-state index in [9.17, 15) is 9.18 Å². The van der Waals surface area contributed by atoms with E-state index < -0.39 is 11.8 Å². The van der Waals surface area contributed by atoms with Crippen LogP contribution in [0.15, 0.2) is 48.8 Å². The minimum atomic E-state index is -1.10. The van der Waals surface area contributed by atoms with Crippen LogP contribution in [0.3, 0.4) is 0 Å². The maximum absolute atomic E-state index is 13.7. The maximum Gasteiger partial charge on any atom is 0.328 e. The summed E-state index contributed by atoms with van der Waals surface area (Å²) in [6.07, 6.45) is 5.40. The van der Waals surface area contributed by atoms with E-state index in [4.69, 9.17) is 5.11 Å². The lowest BCUT2D eigenvalue weighted by Gasteiger charge is -2.03. The Morgan fingerprint density at radius 1 is 1.17 bits per heavy atom. The van der Waals surface area contributed by atoms with Crippen LogP contribution in [0.2, 0.25) is 0 Å². The number of hydrogen-bond donors (Lipinski definition) is 1. The molecule has 0 atom stereocenters. The van der Waals surface area contributed by atoms with Gasteiger partial charge in [-0.05, 0) is 35.4 Å². The average molecular weight is 243 g/mol. The van der Waals surface area contributed by atoms with Crippen LogP contribution in [0.5, 0.6) is 0 Å². The van der Waals surface area contributed by atoms with Crippen molar-refractivity contribution in [2.75, 3.05) is 0 Å². The van der Waals surface area contributed by atoms with Gasteiger partial charge in [0.2, 0.25) is 0 Å². The molecule has 2 rings (SSSR count). The highest BCUT2D eigenvalue weighted by Gasteiger charge is 2.03. The van der Waals surface area contributed by atoms with Crippen molar-refractivity contribution >= 4 is 12.0 Å². The van der Waals surface area contributed by atoms with Crippen molar-refractivity contribution in [2.24, 2.45) is 0 Å². The van der Waals surface area contributed by atoms with Crippen LogP contribution in [0, 0.1) is 5.82 Å². The summed E-state index contributed by atoms with van der Waals surface area (Å²) >= 11 is 0. The highest BCUT2D eigenvalue weighted by atomic mass is 19.1. The third-order valence-corrected chi connectivity index (χ3v) is 2.42. The standard InChI is InChI=1S/C14H10FNO2/c15-13-9-12(10-5-7-16-8-6-10)2-1-11(13)3-4-14(17)18/h1-9H,(H,17,18)/b4-3+. The fourth-order valence-electron chi connectivity index (χ4n) is 1.55. The Morgan fingerprint density at radius 2 is 1.89 bits per heavy atom. The average Bonchev–Trinajstić information content (AvgIpc) is 2.38. The zero-order valence-corrected chi connectivity index (χ0v) is 9.38. The molecule has 0 radical (unpaired) electrons. The van der Waals surface area contributed by atoms with Crippen LogP contribution < -0.4 is 0 Å². The lowest BCUT2D eigenvalue weighted by Crippen LogP contribution is -1.88. The molecular weight excluding hydrogens is 233 g/mol. The molecule has 0 saturated heterocycles. The number of benzene rings is 1. The van der Waals surface area contributed by atoms with E-state index >= 15 is 0 Å². The molecule has 0 fully saturated rings. The van der Waals surface area contributed by atoms with Crippen molar-refractivity contribution in [1.82, 2.24) is 4.98 Å². The summed E-state index contributed by atoms with van der Waals surface area (Å²) in [7, 11) is 0. The molecule has 18 heavy (non-hydrogen) atoms. The van der Waals surface area contributed by atoms with Crippen molar-refractivity contribution in [1.29, 1.82) is 0 Å². The summed E-state index contributed by atoms with van der Waals surface area (Å²) in [5.41, 5.74) is 1.83. The molecule has 0 amide bonds. The first kappa shape index (κ1) is 12.0. The fourth-order valence-corrected chi connectivity index (χ4v) is 1.55. The van der Waals surface area contributed by atoms with Gasteiger partial charge >= 0.3 is 5.97 Å². The molecule has 1 aromatic carbocycles. The number of aliphatic carboxylic acids is 1. The molecule has 0 aliphatic carbocycles. The molecule has 90 valence electrons. The molecule has 2 aromatic rings. The summed E-state index contributed by atoms with van der Waals surface area (Å²) in [5.74, 6) is -1.56. The summed E-state index contributed by atoms with van der Waals surface area (Å²) in [5, 5.41) is 8.48. The smallest absolute Gasteiger partial charge is 0.328 e. The van der Waals surface area contributed by atoms with Gasteiger partial charge in [-0.3, -0.25) is 4.98 Å². The molecule has 3 nitrogen and oxygen atoms in total. The van der Waals surface area contributed by atoms with E-state index in [1.54, 1.807) is 36.7 Å². The number of carboxylic acid groups (broad SMARTS) is 1. The van der Waals surface area contributed by atoms with Gasteiger partial charge in [0.05, 0.1) is 0 Å². The van der Waals surface area contributed by atoms with Crippen molar-refractivity contribution in [2.45, 2.75) is 0 Å². The monoisotopic (exact) mass is 243 g/mol. The maximum atomic E-state index is 13.7. The Labute approximate surface area is 103 Å². The van der Waals surface area contributed by atoms with Gasteiger partial charge in [-0.15, -0.1) is 0 Å². The second-order valence-corrected chi connectivity index (χ2v) is 3.64. The number of hydrogen-bond acceptors (Lipinski definition) is 2. The molecule has 1 aromatic heterocycles. The summed E-state index contributed by atoms with van der Waals surface area (Å²) in [6, 6.07) is 8.21. The number of nitrogens with zero attached hydrogens (tertiary/aromatic N) is 1. The Hall–Kier alpha value is -2.49. The molecule has 0 aliphatic rings. The number of halogens is 1. The van der Waals surface area contributed by atoms with E-state index in [-0.39, 0.29) is 5.56 Å². The highest BCUT2D eigenvalue weighted by molar-refractivity contribution is 5.85. The molecule has 0 saturated carbocycles. The first-order chi connectivity index (χ1) is 8.66. The molecular formula is C14H10FNO2. The number of rotatable bonds is 3. The highest BCUT2D eigenvalue weighted by Crippen LogP contribution is 2.21. The molecule has 0 unspecified atom stereocenters. The second-order valence-electron chi connectivity index (χ2n) is 3.64. The van der Waals surface area contributed by atoms with Crippen LogP contribution in [0.4, 0.5) is 4.39 Å². The van der Waals surface area contributed by atoms with E-state index in [0.29, 0.717) is 0 Å². The van der Waals surface area contributed by atoms with Crippen molar-refractivity contribution in [3.8, 4) is 11.1 Å². The van der Waals surface area contributed by atoms with Gasteiger partial charge in [-0.25, -0.2) is 9.18 Å². The molecule has 4 heteroatoms. The first-order valence-electron chi connectivity index (χ1n) is 5.28. The molecule has 0 aliphatic heterocycles. The summed E-state index contributed by atoms with van der Waals surface area (Å²) < 4.78 is 13.7. The van der Waals surface area contributed by atoms with Crippen molar-refractivity contribution < 1.29 is 14.3 Å². The second kappa shape index (κ2) is 5.23. The van der Waals surface area contributed by atoms with Crippen LogP contribution >= 0.6 is 0 Å². The Balaban J connectivity index is 2.34. The quantitative estimate of drug-likeness (QED) is 0.843. The Bertz CT molecular complexity index is 594. The van der Waals surface area contributed by atoms with Crippen molar-refractivity contribution in [3.63, 3.8) is 0 Å². The zero-order valence-electron chi connectivity index (χ0n) is 9.38. The minimum absolute atomic E-state index is 0.246. The van der Waals surface area contributed by atoms with E-state index in [1.807, 2.05) is 0 Å². The SMILES string of the molecule is O=C(O)/C=C/c1ccc(-c2ccncc2)cc1F. The van der Waals surface area contributed by atoms with Gasteiger partial charge in [0.25, 0.3) is 0 Å². The van der Waals surface area contributed by atoms with Crippen LogP contribution in [0.25, 0.3) is 17.2 Å².